The Morgan fingerprint density at radius 1 is 0.824 bits per heavy atom. The number of oxazole rings is 1. The van der Waals surface area contributed by atoms with E-state index in [4.69, 9.17) is 14.3 Å². The summed E-state index contributed by atoms with van der Waals surface area (Å²) in [6, 6.07) is 28.4. The molecule has 5 rings (SSSR count). The van der Waals surface area contributed by atoms with Gasteiger partial charge >= 0.3 is 0 Å². The molecule has 0 radical (unpaired) electrons. The molecular formula is C29H27N3O2. The fraction of sp³-hybridized carbons (Fsp3) is 0.172. The molecular weight excluding hydrogens is 422 g/mol. The Labute approximate surface area is 199 Å². The van der Waals surface area contributed by atoms with Crippen molar-refractivity contribution in [2.75, 3.05) is 6.61 Å². The summed E-state index contributed by atoms with van der Waals surface area (Å²) in [6.45, 7) is 4.60. The third-order valence-corrected chi connectivity index (χ3v) is 5.84. The van der Waals surface area contributed by atoms with E-state index >= 15 is 0 Å². The van der Waals surface area contributed by atoms with Gasteiger partial charge in [0.2, 0.25) is 5.89 Å². The van der Waals surface area contributed by atoms with Gasteiger partial charge in [0, 0.05) is 24.6 Å². The number of rotatable bonds is 8. The summed E-state index contributed by atoms with van der Waals surface area (Å²) in [5.74, 6) is 2.34. The maximum Gasteiger partial charge on any atom is 0.226 e. The van der Waals surface area contributed by atoms with Gasteiger partial charge in [0.25, 0.3) is 0 Å². The number of hydrogen-bond acceptors (Lipinski definition) is 4. The van der Waals surface area contributed by atoms with Crippen LogP contribution in [0.2, 0.25) is 0 Å². The quantitative estimate of drug-likeness (QED) is 0.277. The molecule has 0 spiro atoms. The van der Waals surface area contributed by atoms with E-state index in [1.165, 1.54) is 11.1 Å². The van der Waals surface area contributed by atoms with Crippen molar-refractivity contribution in [3.63, 3.8) is 0 Å². The molecule has 0 aliphatic heterocycles. The number of para-hydroxylation sites is 1. The highest BCUT2D eigenvalue weighted by atomic mass is 16.5. The van der Waals surface area contributed by atoms with Crippen molar-refractivity contribution < 1.29 is 9.15 Å². The van der Waals surface area contributed by atoms with Crippen molar-refractivity contribution in [3.8, 4) is 22.9 Å². The van der Waals surface area contributed by atoms with Crippen LogP contribution in [0.1, 0.15) is 28.3 Å². The van der Waals surface area contributed by atoms with Crippen LogP contribution >= 0.6 is 0 Å². The van der Waals surface area contributed by atoms with Crippen molar-refractivity contribution in [1.82, 2.24) is 14.8 Å². The minimum absolute atomic E-state index is 0.543. The van der Waals surface area contributed by atoms with Crippen LogP contribution in [0.5, 0.6) is 5.75 Å². The van der Waals surface area contributed by atoms with E-state index in [1.807, 2.05) is 72.3 Å². The molecule has 0 N–H and O–H groups in total. The Hall–Kier alpha value is -4.12. The molecule has 0 saturated carbocycles. The van der Waals surface area contributed by atoms with Crippen LogP contribution in [0, 0.1) is 13.8 Å². The van der Waals surface area contributed by atoms with E-state index < -0.39 is 0 Å². The van der Waals surface area contributed by atoms with E-state index in [0.717, 1.165) is 40.6 Å². The van der Waals surface area contributed by atoms with E-state index in [1.54, 1.807) is 0 Å². The Morgan fingerprint density at radius 2 is 1.53 bits per heavy atom. The second-order valence-corrected chi connectivity index (χ2v) is 8.35. The molecule has 5 nitrogen and oxygen atoms in total. The van der Waals surface area contributed by atoms with Crippen molar-refractivity contribution in [3.05, 3.63) is 119 Å². The van der Waals surface area contributed by atoms with Gasteiger partial charge < -0.3 is 9.15 Å². The lowest BCUT2D eigenvalue weighted by molar-refractivity contribution is 0.320. The Morgan fingerprint density at radius 3 is 2.26 bits per heavy atom. The highest BCUT2D eigenvalue weighted by molar-refractivity contribution is 5.53. The van der Waals surface area contributed by atoms with Crippen molar-refractivity contribution in [1.29, 1.82) is 0 Å². The molecule has 0 saturated heterocycles. The Kier molecular flexibility index (Phi) is 6.25. The zero-order chi connectivity index (χ0) is 23.3. The van der Waals surface area contributed by atoms with Crippen LogP contribution < -0.4 is 4.74 Å². The average molecular weight is 450 g/mol. The minimum atomic E-state index is 0.543. The minimum Gasteiger partial charge on any atom is -0.493 e. The normalized spacial score (nSPS) is 11.0. The fourth-order valence-corrected chi connectivity index (χ4v) is 3.91. The summed E-state index contributed by atoms with van der Waals surface area (Å²) in [6.07, 6.45) is 3.56. The number of hydrogen-bond donors (Lipinski definition) is 0. The lowest BCUT2D eigenvalue weighted by Crippen LogP contribution is -2.03. The predicted molar refractivity (Wildman–Crippen MR) is 133 cm³/mol. The number of benzene rings is 3. The molecule has 34 heavy (non-hydrogen) atoms. The third-order valence-electron chi connectivity index (χ3n) is 5.84. The lowest BCUT2D eigenvalue weighted by Gasteiger charge is -2.06. The Balaban J connectivity index is 1.17. The molecule has 0 amide bonds. The fourth-order valence-electron chi connectivity index (χ4n) is 3.91. The van der Waals surface area contributed by atoms with Gasteiger partial charge in [-0.3, -0.25) is 0 Å². The van der Waals surface area contributed by atoms with Gasteiger partial charge in [0.15, 0.2) is 0 Å². The second kappa shape index (κ2) is 9.79. The van der Waals surface area contributed by atoms with Crippen LogP contribution in [-0.4, -0.2) is 21.4 Å². The van der Waals surface area contributed by atoms with Crippen LogP contribution in [0.3, 0.4) is 0 Å². The van der Waals surface area contributed by atoms with Gasteiger partial charge in [-0.1, -0.05) is 48.5 Å². The summed E-state index contributed by atoms with van der Waals surface area (Å²) in [5, 5.41) is 4.78. The first-order valence-electron chi connectivity index (χ1n) is 11.5. The first-order chi connectivity index (χ1) is 16.7. The van der Waals surface area contributed by atoms with E-state index in [-0.39, 0.29) is 0 Å². The van der Waals surface area contributed by atoms with E-state index in [9.17, 15) is 0 Å². The third kappa shape index (κ3) is 4.94. The molecule has 2 aromatic heterocycles. The van der Waals surface area contributed by atoms with Crippen LogP contribution in [0.4, 0.5) is 0 Å². The largest absolute Gasteiger partial charge is 0.493 e. The highest BCUT2D eigenvalue weighted by Gasteiger charge is 2.12. The molecule has 0 aliphatic carbocycles. The molecule has 0 fully saturated rings. The smallest absolute Gasteiger partial charge is 0.226 e. The molecule has 5 aromatic rings. The molecule has 0 aliphatic rings. The van der Waals surface area contributed by atoms with Crippen molar-refractivity contribution >= 4 is 0 Å². The topological polar surface area (TPSA) is 53.1 Å². The maximum atomic E-state index is 5.97. The van der Waals surface area contributed by atoms with Crippen LogP contribution in [0.25, 0.3) is 17.1 Å². The molecule has 170 valence electrons. The predicted octanol–water partition coefficient (Wildman–Crippen LogP) is 6.36. The molecule has 0 unspecified atom stereocenters. The zero-order valence-corrected chi connectivity index (χ0v) is 19.4. The summed E-state index contributed by atoms with van der Waals surface area (Å²) in [4.78, 5) is 4.65. The van der Waals surface area contributed by atoms with Crippen molar-refractivity contribution in [2.45, 2.75) is 26.7 Å². The number of aromatic nitrogens is 3. The first kappa shape index (κ1) is 21.7. The van der Waals surface area contributed by atoms with E-state index in [2.05, 4.69) is 42.4 Å². The number of ether oxygens (including phenoxy) is 1. The lowest BCUT2D eigenvalue weighted by atomic mass is 10.1. The summed E-state index contributed by atoms with van der Waals surface area (Å²) < 4.78 is 13.8. The molecule has 0 atom stereocenters. The van der Waals surface area contributed by atoms with Gasteiger partial charge in [0.1, 0.15) is 11.5 Å². The molecule has 2 heterocycles. The second-order valence-electron chi connectivity index (χ2n) is 8.35. The summed E-state index contributed by atoms with van der Waals surface area (Å²) in [7, 11) is 0. The summed E-state index contributed by atoms with van der Waals surface area (Å²) >= 11 is 0. The van der Waals surface area contributed by atoms with Gasteiger partial charge in [-0.2, -0.15) is 5.10 Å². The molecule has 0 bridgehead atoms. The first-order valence-corrected chi connectivity index (χ1v) is 11.5. The van der Waals surface area contributed by atoms with E-state index in [0.29, 0.717) is 18.9 Å². The van der Waals surface area contributed by atoms with Gasteiger partial charge in [-0.15, -0.1) is 0 Å². The van der Waals surface area contributed by atoms with Gasteiger partial charge in [-0.05, 0) is 61.4 Å². The van der Waals surface area contributed by atoms with Crippen LogP contribution in [0.15, 0.2) is 95.5 Å². The molecule has 5 heteroatoms. The zero-order valence-electron chi connectivity index (χ0n) is 19.4. The standard InChI is InChI=1S/C29H27N3O2/c1-21-20-32(25-11-7-4-8-12-25)31-28(21)19-23-13-15-26(16-14-23)33-18-17-27-22(2)34-29(30-27)24-9-5-3-6-10-24/h3-16,20H,17-19H2,1-2H3. The highest BCUT2D eigenvalue weighted by Crippen LogP contribution is 2.22. The molecule has 3 aromatic carbocycles. The number of nitrogens with zero attached hydrogens (tertiary/aromatic N) is 3. The SMILES string of the molecule is Cc1cn(-c2ccccc2)nc1Cc1ccc(OCCc2nc(-c3ccccc3)oc2C)cc1. The van der Waals surface area contributed by atoms with Gasteiger partial charge in [-0.25, -0.2) is 9.67 Å². The van der Waals surface area contributed by atoms with Gasteiger partial charge in [0.05, 0.1) is 23.7 Å². The van der Waals surface area contributed by atoms with Crippen LogP contribution in [-0.2, 0) is 12.8 Å². The maximum absolute atomic E-state index is 5.97. The summed E-state index contributed by atoms with van der Waals surface area (Å²) in [5.41, 5.74) is 6.44. The average Bonchev–Trinajstić information content (AvgIpc) is 3.43. The number of aryl methyl sites for hydroxylation is 2. The monoisotopic (exact) mass is 449 g/mol. The van der Waals surface area contributed by atoms with Crippen molar-refractivity contribution in [2.24, 2.45) is 0 Å². The Bertz CT molecular complexity index is 1350.